The molecule has 1 aliphatic rings. The van der Waals surface area contributed by atoms with E-state index in [1.807, 2.05) is 18.2 Å². The number of hydrogen-bond acceptors (Lipinski definition) is 1. The molecular weight excluding hydrogens is 244 g/mol. The summed E-state index contributed by atoms with van der Waals surface area (Å²) in [6.45, 7) is 2.14. The van der Waals surface area contributed by atoms with Crippen molar-refractivity contribution in [3.05, 3.63) is 53.6 Å². The Bertz CT molecular complexity index is 622. The summed E-state index contributed by atoms with van der Waals surface area (Å²) in [6.07, 6.45) is 2.02. The zero-order valence-corrected chi connectivity index (χ0v) is 10.7. The first-order chi connectivity index (χ1) is 9.13. The molecule has 0 aromatic heterocycles. The maximum atomic E-state index is 13.8. The number of anilines is 1. The Morgan fingerprint density at radius 2 is 1.95 bits per heavy atom. The van der Waals surface area contributed by atoms with E-state index in [4.69, 9.17) is 0 Å². The predicted octanol–water partition coefficient (Wildman–Crippen LogP) is 4.38. The van der Waals surface area contributed by atoms with Gasteiger partial charge in [-0.3, -0.25) is 0 Å². The summed E-state index contributed by atoms with van der Waals surface area (Å²) in [5.74, 6) is -0.806. The molecule has 0 saturated carbocycles. The lowest BCUT2D eigenvalue weighted by Gasteiger charge is -2.24. The van der Waals surface area contributed by atoms with Crippen molar-refractivity contribution in [2.24, 2.45) is 0 Å². The second kappa shape index (κ2) is 4.65. The minimum atomic E-state index is -0.416. The monoisotopic (exact) mass is 259 g/mol. The van der Waals surface area contributed by atoms with E-state index in [1.165, 1.54) is 17.7 Å². The first-order valence-electron chi connectivity index (χ1n) is 6.48. The van der Waals surface area contributed by atoms with Gasteiger partial charge in [0.2, 0.25) is 0 Å². The van der Waals surface area contributed by atoms with Gasteiger partial charge in [0.15, 0.2) is 0 Å². The van der Waals surface area contributed by atoms with Crippen molar-refractivity contribution < 1.29 is 8.78 Å². The van der Waals surface area contributed by atoms with E-state index in [2.05, 4.69) is 12.2 Å². The van der Waals surface area contributed by atoms with Gasteiger partial charge in [-0.05, 0) is 61.2 Å². The molecule has 98 valence electrons. The van der Waals surface area contributed by atoms with Crippen LogP contribution in [0.5, 0.6) is 0 Å². The Kier molecular flexibility index (Phi) is 2.97. The van der Waals surface area contributed by atoms with Crippen molar-refractivity contribution in [1.82, 2.24) is 0 Å². The molecule has 0 amide bonds. The fourth-order valence-corrected chi connectivity index (χ4v) is 2.54. The maximum Gasteiger partial charge on any atom is 0.131 e. The number of fused-ring (bicyclic) bond motifs is 1. The smallest absolute Gasteiger partial charge is 0.131 e. The van der Waals surface area contributed by atoms with E-state index in [9.17, 15) is 8.78 Å². The lowest BCUT2D eigenvalue weighted by atomic mass is 9.94. The third kappa shape index (κ3) is 2.33. The molecule has 1 nitrogen and oxygen atoms in total. The van der Waals surface area contributed by atoms with Crippen LogP contribution < -0.4 is 5.32 Å². The quantitative estimate of drug-likeness (QED) is 0.801. The van der Waals surface area contributed by atoms with Gasteiger partial charge in [-0.2, -0.15) is 0 Å². The van der Waals surface area contributed by atoms with Crippen LogP contribution in [0.2, 0.25) is 0 Å². The normalized spacial score (nSPS) is 17.7. The number of hydrogen-bond donors (Lipinski definition) is 1. The Morgan fingerprint density at radius 1 is 1.11 bits per heavy atom. The van der Waals surface area contributed by atoms with Crippen molar-refractivity contribution in [2.45, 2.75) is 25.8 Å². The van der Waals surface area contributed by atoms with Crippen LogP contribution in [0.25, 0.3) is 11.1 Å². The van der Waals surface area contributed by atoms with Crippen molar-refractivity contribution >= 4 is 5.69 Å². The number of benzene rings is 2. The maximum absolute atomic E-state index is 13.8. The topological polar surface area (TPSA) is 12.0 Å². The average Bonchev–Trinajstić information content (AvgIpc) is 2.41. The Balaban J connectivity index is 2.05. The molecule has 1 aliphatic heterocycles. The lowest BCUT2D eigenvalue weighted by molar-refractivity contribution is 0.603. The van der Waals surface area contributed by atoms with Crippen molar-refractivity contribution in [1.29, 1.82) is 0 Å². The molecule has 3 rings (SSSR count). The van der Waals surface area contributed by atoms with Crippen LogP contribution in [0, 0.1) is 11.6 Å². The van der Waals surface area contributed by atoms with E-state index in [0.29, 0.717) is 11.6 Å². The zero-order chi connectivity index (χ0) is 13.4. The van der Waals surface area contributed by atoms with Gasteiger partial charge in [0.05, 0.1) is 0 Å². The van der Waals surface area contributed by atoms with Crippen molar-refractivity contribution in [3.8, 4) is 11.1 Å². The molecule has 0 bridgehead atoms. The summed E-state index contributed by atoms with van der Waals surface area (Å²) in [7, 11) is 0. The van der Waals surface area contributed by atoms with E-state index in [-0.39, 0.29) is 0 Å². The molecule has 0 spiro atoms. The molecule has 0 fully saturated rings. The standard InChI is InChI=1S/C16H15F2N/c1-10-2-3-12-8-11(4-7-16(12)19-10)14-9-13(17)5-6-15(14)18/h4-10,19H,2-3H2,1H3. The van der Waals surface area contributed by atoms with Gasteiger partial charge in [0.25, 0.3) is 0 Å². The van der Waals surface area contributed by atoms with Crippen LogP contribution in [0.1, 0.15) is 18.9 Å². The number of aryl methyl sites for hydroxylation is 1. The van der Waals surface area contributed by atoms with E-state index in [1.54, 1.807) is 0 Å². The fraction of sp³-hybridized carbons (Fsp3) is 0.250. The molecule has 2 aromatic carbocycles. The third-order valence-electron chi connectivity index (χ3n) is 3.59. The first-order valence-corrected chi connectivity index (χ1v) is 6.48. The highest BCUT2D eigenvalue weighted by Crippen LogP contribution is 2.31. The highest BCUT2D eigenvalue weighted by atomic mass is 19.1. The number of rotatable bonds is 1. The first kappa shape index (κ1) is 12.2. The third-order valence-corrected chi connectivity index (χ3v) is 3.59. The Hall–Kier alpha value is -1.90. The van der Waals surface area contributed by atoms with E-state index in [0.717, 1.165) is 30.2 Å². The van der Waals surface area contributed by atoms with Gasteiger partial charge in [-0.25, -0.2) is 8.78 Å². The largest absolute Gasteiger partial charge is 0.382 e. The Morgan fingerprint density at radius 3 is 2.79 bits per heavy atom. The summed E-state index contributed by atoms with van der Waals surface area (Å²) >= 11 is 0. The molecule has 0 aliphatic carbocycles. The number of halogens is 2. The summed E-state index contributed by atoms with van der Waals surface area (Å²) in [5.41, 5.74) is 3.31. The Labute approximate surface area is 111 Å². The van der Waals surface area contributed by atoms with Crippen LogP contribution in [-0.4, -0.2) is 6.04 Å². The lowest BCUT2D eigenvalue weighted by Crippen LogP contribution is -2.21. The second-order valence-electron chi connectivity index (χ2n) is 5.08. The molecule has 0 radical (unpaired) electrons. The van der Waals surface area contributed by atoms with Crippen LogP contribution >= 0.6 is 0 Å². The molecule has 0 saturated heterocycles. The second-order valence-corrected chi connectivity index (χ2v) is 5.08. The molecule has 1 heterocycles. The van der Waals surface area contributed by atoms with Gasteiger partial charge in [0, 0.05) is 17.3 Å². The van der Waals surface area contributed by atoms with Gasteiger partial charge < -0.3 is 5.32 Å². The summed E-state index contributed by atoms with van der Waals surface area (Å²) in [6, 6.07) is 9.75. The highest BCUT2D eigenvalue weighted by molar-refractivity contribution is 5.69. The van der Waals surface area contributed by atoms with Crippen LogP contribution in [-0.2, 0) is 6.42 Å². The minimum absolute atomic E-state index is 0.321. The van der Waals surface area contributed by atoms with Crippen LogP contribution in [0.15, 0.2) is 36.4 Å². The molecular formula is C16H15F2N. The predicted molar refractivity (Wildman–Crippen MR) is 73.2 cm³/mol. The van der Waals surface area contributed by atoms with Crippen molar-refractivity contribution in [3.63, 3.8) is 0 Å². The molecule has 1 atom stereocenters. The molecule has 1 unspecified atom stereocenters. The van der Waals surface area contributed by atoms with Gasteiger partial charge in [-0.1, -0.05) is 6.07 Å². The van der Waals surface area contributed by atoms with Crippen molar-refractivity contribution in [2.75, 3.05) is 5.32 Å². The molecule has 19 heavy (non-hydrogen) atoms. The van der Waals surface area contributed by atoms with Crippen LogP contribution in [0.3, 0.4) is 0 Å². The average molecular weight is 259 g/mol. The molecule has 1 N–H and O–H groups in total. The fourth-order valence-electron chi connectivity index (χ4n) is 2.54. The summed E-state index contributed by atoms with van der Waals surface area (Å²) in [4.78, 5) is 0. The SMILES string of the molecule is CC1CCc2cc(-c3cc(F)ccc3F)ccc2N1. The van der Waals surface area contributed by atoms with E-state index < -0.39 is 11.6 Å². The minimum Gasteiger partial charge on any atom is -0.382 e. The summed E-state index contributed by atoms with van der Waals surface area (Å²) < 4.78 is 27.0. The van der Waals surface area contributed by atoms with Crippen LogP contribution in [0.4, 0.5) is 14.5 Å². The van der Waals surface area contributed by atoms with Gasteiger partial charge in [0.1, 0.15) is 11.6 Å². The highest BCUT2D eigenvalue weighted by Gasteiger charge is 2.15. The number of nitrogens with one attached hydrogen (secondary N) is 1. The summed E-state index contributed by atoms with van der Waals surface area (Å²) in [5, 5.41) is 3.40. The molecule has 3 heteroatoms. The molecule has 2 aromatic rings. The van der Waals surface area contributed by atoms with Gasteiger partial charge in [-0.15, -0.1) is 0 Å². The van der Waals surface area contributed by atoms with Gasteiger partial charge >= 0.3 is 0 Å². The zero-order valence-electron chi connectivity index (χ0n) is 10.7. The van der Waals surface area contributed by atoms with E-state index >= 15 is 0 Å².